The zero-order valence-corrected chi connectivity index (χ0v) is 13.6. The van der Waals surface area contributed by atoms with Crippen molar-refractivity contribution in [2.24, 2.45) is 0 Å². The van der Waals surface area contributed by atoms with Crippen LogP contribution in [0.4, 0.5) is 5.69 Å². The van der Waals surface area contributed by atoms with Crippen molar-refractivity contribution in [1.82, 2.24) is 10.1 Å². The Morgan fingerprint density at radius 3 is 2.26 bits per heavy atom. The van der Waals surface area contributed by atoms with Gasteiger partial charge in [0.15, 0.2) is 5.82 Å². The van der Waals surface area contributed by atoms with Crippen LogP contribution in [0.15, 0.2) is 57.9 Å². The molecule has 1 N–H and O–H groups in total. The summed E-state index contributed by atoms with van der Waals surface area (Å²) in [4.78, 5) is 4.25. The molecule has 0 saturated heterocycles. The quantitative estimate of drug-likeness (QED) is 0.779. The van der Waals surface area contributed by atoms with Gasteiger partial charge in [0.2, 0.25) is 0 Å². The van der Waals surface area contributed by atoms with Gasteiger partial charge < -0.3 is 4.52 Å². The van der Waals surface area contributed by atoms with E-state index in [0.717, 1.165) is 0 Å². The van der Waals surface area contributed by atoms with E-state index in [1.165, 1.54) is 24.3 Å². The smallest absolute Gasteiger partial charge is 0.261 e. The normalized spacial score (nSPS) is 11.4. The molecule has 0 radical (unpaired) electrons. The number of nitrogens with zero attached hydrogens (tertiary/aromatic N) is 2. The van der Waals surface area contributed by atoms with Gasteiger partial charge in [0, 0.05) is 16.3 Å². The highest BCUT2D eigenvalue weighted by molar-refractivity contribution is 7.92. The van der Waals surface area contributed by atoms with E-state index in [1.54, 1.807) is 31.2 Å². The molecule has 0 spiro atoms. The number of anilines is 1. The Morgan fingerprint density at radius 1 is 1.04 bits per heavy atom. The molecular weight excluding hydrogens is 338 g/mol. The number of sulfonamides is 1. The van der Waals surface area contributed by atoms with Gasteiger partial charge in [-0.1, -0.05) is 16.8 Å². The van der Waals surface area contributed by atoms with Gasteiger partial charge in [-0.05, 0) is 55.5 Å². The summed E-state index contributed by atoms with van der Waals surface area (Å²) in [6.45, 7) is 1.72. The maximum atomic E-state index is 12.3. The minimum atomic E-state index is -3.66. The first kappa shape index (κ1) is 15.5. The van der Waals surface area contributed by atoms with Gasteiger partial charge in [-0.15, -0.1) is 0 Å². The number of benzene rings is 2. The van der Waals surface area contributed by atoms with Gasteiger partial charge in [-0.3, -0.25) is 4.72 Å². The van der Waals surface area contributed by atoms with Gasteiger partial charge in [-0.2, -0.15) is 4.98 Å². The number of aryl methyl sites for hydroxylation is 1. The minimum absolute atomic E-state index is 0.138. The third-order valence-electron chi connectivity index (χ3n) is 3.04. The highest BCUT2D eigenvalue weighted by Gasteiger charge is 2.14. The van der Waals surface area contributed by atoms with Crippen LogP contribution in [0.25, 0.3) is 11.5 Å². The molecule has 3 rings (SSSR count). The van der Waals surface area contributed by atoms with E-state index in [0.29, 0.717) is 28.0 Å². The van der Waals surface area contributed by atoms with Crippen LogP contribution in [0.3, 0.4) is 0 Å². The van der Waals surface area contributed by atoms with Gasteiger partial charge >= 0.3 is 0 Å². The fourth-order valence-electron chi connectivity index (χ4n) is 1.92. The van der Waals surface area contributed by atoms with Gasteiger partial charge in [0.1, 0.15) is 0 Å². The molecule has 0 atom stereocenters. The van der Waals surface area contributed by atoms with Gasteiger partial charge in [-0.25, -0.2) is 8.42 Å². The van der Waals surface area contributed by atoms with E-state index in [9.17, 15) is 8.42 Å². The third kappa shape index (κ3) is 3.52. The number of hydrogen-bond donors (Lipinski definition) is 1. The molecule has 6 nitrogen and oxygen atoms in total. The van der Waals surface area contributed by atoms with Crippen molar-refractivity contribution >= 4 is 27.3 Å². The molecule has 8 heteroatoms. The monoisotopic (exact) mass is 349 g/mol. The first-order chi connectivity index (χ1) is 10.9. The first-order valence-electron chi connectivity index (χ1n) is 6.63. The average molecular weight is 350 g/mol. The molecule has 118 valence electrons. The Hall–Kier alpha value is -2.38. The van der Waals surface area contributed by atoms with Crippen molar-refractivity contribution in [3.05, 3.63) is 59.4 Å². The van der Waals surface area contributed by atoms with Gasteiger partial charge in [0.05, 0.1) is 4.90 Å². The molecule has 0 aliphatic heterocycles. The van der Waals surface area contributed by atoms with Crippen LogP contribution >= 0.6 is 11.6 Å². The lowest BCUT2D eigenvalue weighted by Gasteiger charge is -2.08. The van der Waals surface area contributed by atoms with Crippen LogP contribution in [0.2, 0.25) is 5.02 Å². The fourth-order valence-corrected chi connectivity index (χ4v) is 3.11. The summed E-state index contributed by atoms with van der Waals surface area (Å²) in [5, 5.41) is 4.19. The Morgan fingerprint density at radius 2 is 1.70 bits per heavy atom. The third-order valence-corrected chi connectivity index (χ3v) is 4.68. The summed E-state index contributed by atoms with van der Waals surface area (Å²) in [5.41, 5.74) is 1.14. The lowest BCUT2D eigenvalue weighted by atomic mass is 10.2. The summed E-state index contributed by atoms with van der Waals surface area (Å²) < 4.78 is 32.1. The second-order valence-electron chi connectivity index (χ2n) is 4.78. The molecule has 0 aliphatic carbocycles. The zero-order valence-electron chi connectivity index (χ0n) is 12.0. The van der Waals surface area contributed by atoms with Crippen molar-refractivity contribution in [2.75, 3.05) is 4.72 Å². The minimum Gasteiger partial charge on any atom is -0.334 e. The SMILES string of the molecule is Cc1noc(-c2ccc(NS(=O)(=O)c3ccc(Cl)cc3)cc2)n1. The summed E-state index contributed by atoms with van der Waals surface area (Å²) in [5.74, 6) is 0.919. The predicted molar refractivity (Wildman–Crippen MR) is 86.7 cm³/mol. The average Bonchev–Trinajstić information content (AvgIpc) is 2.95. The standard InChI is InChI=1S/C15H12ClN3O3S/c1-10-17-15(22-18-10)11-2-6-13(7-3-11)19-23(20,21)14-8-4-12(16)5-9-14/h2-9,19H,1H3. The van der Waals surface area contributed by atoms with Crippen molar-refractivity contribution in [3.8, 4) is 11.5 Å². The molecule has 3 aromatic rings. The van der Waals surface area contributed by atoms with Crippen molar-refractivity contribution < 1.29 is 12.9 Å². The molecule has 23 heavy (non-hydrogen) atoms. The highest BCUT2D eigenvalue weighted by Crippen LogP contribution is 2.22. The molecule has 0 aliphatic rings. The molecule has 0 unspecified atom stereocenters. The number of halogens is 1. The predicted octanol–water partition coefficient (Wildman–Crippen LogP) is 3.50. The fraction of sp³-hybridized carbons (Fsp3) is 0.0667. The molecule has 1 heterocycles. The van der Waals surface area contributed by atoms with Crippen LogP contribution < -0.4 is 4.72 Å². The lowest BCUT2D eigenvalue weighted by molar-refractivity contribution is 0.425. The number of rotatable bonds is 4. The van der Waals surface area contributed by atoms with Crippen LogP contribution in [-0.2, 0) is 10.0 Å². The van der Waals surface area contributed by atoms with Crippen LogP contribution in [0, 0.1) is 6.92 Å². The van der Waals surface area contributed by atoms with E-state index in [1.807, 2.05) is 0 Å². The first-order valence-corrected chi connectivity index (χ1v) is 8.49. The summed E-state index contributed by atoms with van der Waals surface area (Å²) in [6.07, 6.45) is 0. The Labute approximate surface area is 138 Å². The summed E-state index contributed by atoms with van der Waals surface area (Å²) in [6, 6.07) is 12.6. The maximum absolute atomic E-state index is 12.3. The van der Waals surface area contributed by atoms with E-state index in [2.05, 4.69) is 14.9 Å². The van der Waals surface area contributed by atoms with Crippen LogP contribution in [-0.4, -0.2) is 18.6 Å². The summed E-state index contributed by atoms with van der Waals surface area (Å²) in [7, 11) is -3.66. The number of hydrogen-bond acceptors (Lipinski definition) is 5. The van der Waals surface area contributed by atoms with Crippen molar-refractivity contribution in [2.45, 2.75) is 11.8 Å². The van der Waals surface area contributed by atoms with Gasteiger partial charge in [0.25, 0.3) is 15.9 Å². The van der Waals surface area contributed by atoms with Crippen LogP contribution in [0.5, 0.6) is 0 Å². The van der Waals surface area contributed by atoms with E-state index in [4.69, 9.17) is 16.1 Å². The molecule has 0 saturated carbocycles. The Kier molecular flexibility index (Phi) is 4.06. The number of nitrogens with one attached hydrogen (secondary N) is 1. The lowest BCUT2D eigenvalue weighted by Crippen LogP contribution is -2.12. The van der Waals surface area contributed by atoms with Crippen molar-refractivity contribution in [1.29, 1.82) is 0 Å². The molecule has 0 bridgehead atoms. The second-order valence-corrected chi connectivity index (χ2v) is 6.90. The largest absolute Gasteiger partial charge is 0.334 e. The molecule has 0 amide bonds. The molecular formula is C15H12ClN3O3S. The van der Waals surface area contributed by atoms with Crippen molar-refractivity contribution in [3.63, 3.8) is 0 Å². The zero-order chi connectivity index (χ0) is 16.4. The van der Waals surface area contributed by atoms with E-state index >= 15 is 0 Å². The Balaban J connectivity index is 1.81. The molecule has 1 aromatic heterocycles. The number of aromatic nitrogens is 2. The van der Waals surface area contributed by atoms with E-state index in [-0.39, 0.29) is 4.90 Å². The second kappa shape index (κ2) is 6.02. The highest BCUT2D eigenvalue weighted by atomic mass is 35.5. The summed E-state index contributed by atoms with van der Waals surface area (Å²) >= 11 is 5.76. The van der Waals surface area contributed by atoms with E-state index < -0.39 is 10.0 Å². The maximum Gasteiger partial charge on any atom is 0.261 e. The van der Waals surface area contributed by atoms with Crippen LogP contribution in [0.1, 0.15) is 5.82 Å². The topological polar surface area (TPSA) is 85.1 Å². The molecule has 0 fully saturated rings. The molecule has 2 aromatic carbocycles. The Bertz CT molecular complexity index is 919.